The van der Waals surface area contributed by atoms with Crippen molar-refractivity contribution in [1.82, 2.24) is 9.88 Å². The second-order valence-electron chi connectivity index (χ2n) is 5.42. The molecular weight excluding hydrogens is 238 g/mol. The van der Waals surface area contributed by atoms with E-state index in [1.807, 2.05) is 18.3 Å². The second-order valence-corrected chi connectivity index (χ2v) is 5.42. The molecule has 1 aromatic heterocycles. The zero-order valence-electron chi connectivity index (χ0n) is 12.0. The quantitative estimate of drug-likeness (QED) is 0.844. The predicted molar refractivity (Wildman–Crippen MR) is 77.0 cm³/mol. The summed E-state index contributed by atoms with van der Waals surface area (Å²) in [7, 11) is 2.13. The van der Waals surface area contributed by atoms with Crippen LogP contribution in [-0.2, 0) is 11.2 Å². The van der Waals surface area contributed by atoms with Crippen LogP contribution in [-0.4, -0.2) is 48.3 Å². The van der Waals surface area contributed by atoms with Crippen molar-refractivity contribution < 1.29 is 4.74 Å². The molecule has 106 valence electrons. The van der Waals surface area contributed by atoms with E-state index in [9.17, 15) is 0 Å². The number of aromatic nitrogens is 1. The number of hydrogen-bond acceptors (Lipinski definition) is 4. The molecule has 4 heteroatoms. The number of pyridine rings is 1. The lowest BCUT2D eigenvalue weighted by molar-refractivity contribution is 0.00309. The molecule has 2 heterocycles. The molecule has 0 amide bonds. The fourth-order valence-electron chi connectivity index (χ4n) is 2.73. The van der Waals surface area contributed by atoms with Crippen molar-refractivity contribution in [3.63, 3.8) is 0 Å². The van der Waals surface area contributed by atoms with Crippen molar-refractivity contribution in [1.29, 1.82) is 0 Å². The third-order valence-corrected chi connectivity index (χ3v) is 3.95. The minimum absolute atomic E-state index is 0.286. The maximum Gasteiger partial charge on any atom is 0.0746 e. The van der Waals surface area contributed by atoms with E-state index in [2.05, 4.69) is 29.9 Å². The number of hydrogen-bond donors (Lipinski definition) is 1. The first-order valence-corrected chi connectivity index (χ1v) is 7.16. The van der Waals surface area contributed by atoms with Crippen LogP contribution in [0.5, 0.6) is 0 Å². The molecule has 1 aliphatic rings. The summed E-state index contributed by atoms with van der Waals surface area (Å²) in [5.41, 5.74) is 7.06. The standard InChI is InChI=1S/C15H25N3O/c1-12-6-7-15(19-12)14(11-16)18(2)10-8-13-5-3-4-9-17-13/h3-5,9,12,14-15H,6-8,10-11,16H2,1-2H3. The zero-order chi connectivity index (χ0) is 13.7. The number of rotatable bonds is 6. The number of nitrogens with zero attached hydrogens (tertiary/aromatic N) is 2. The normalized spacial score (nSPS) is 24.8. The van der Waals surface area contributed by atoms with Crippen molar-refractivity contribution in [3.05, 3.63) is 30.1 Å². The van der Waals surface area contributed by atoms with Crippen LogP contribution < -0.4 is 5.73 Å². The summed E-state index contributed by atoms with van der Waals surface area (Å²) in [6.45, 7) is 3.75. The van der Waals surface area contributed by atoms with E-state index in [-0.39, 0.29) is 6.10 Å². The summed E-state index contributed by atoms with van der Waals surface area (Å²) in [5, 5.41) is 0. The fourth-order valence-corrected chi connectivity index (χ4v) is 2.73. The lowest BCUT2D eigenvalue weighted by atomic mass is 10.1. The molecule has 3 unspecified atom stereocenters. The van der Waals surface area contributed by atoms with Gasteiger partial charge in [0, 0.05) is 37.4 Å². The molecule has 2 N–H and O–H groups in total. The van der Waals surface area contributed by atoms with Crippen LogP contribution in [0.2, 0.25) is 0 Å². The van der Waals surface area contributed by atoms with Crippen LogP contribution in [0.3, 0.4) is 0 Å². The Morgan fingerprint density at radius 3 is 2.89 bits per heavy atom. The van der Waals surface area contributed by atoms with Gasteiger partial charge in [-0.3, -0.25) is 9.88 Å². The Bertz CT molecular complexity index is 371. The monoisotopic (exact) mass is 263 g/mol. The predicted octanol–water partition coefficient (Wildman–Crippen LogP) is 1.45. The van der Waals surface area contributed by atoms with Gasteiger partial charge in [-0.2, -0.15) is 0 Å². The molecule has 0 aromatic carbocycles. The van der Waals surface area contributed by atoms with Gasteiger partial charge in [0.25, 0.3) is 0 Å². The lowest BCUT2D eigenvalue weighted by Crippen LogP contribution is -2.47. The zero-order valence-corrected chi connectivity index (χ0v) is 12.0. The molecule has 0 saturated carbocycles. The Morgan fingerprint density at radius 2 is 2.32 bits per heavy atom. The van der Waals surface area contributed by atoms with E-state index in [1.54, 1.807) is 0 Å². The smallest absolute Gasteiger partial charge is 0.0746 e. The van der Waals surface area contributed by atoms with Crippen molar-refractivity contribution >= 4 is 0 Å². The van der Waals surface area contributed by atoms with E-state index in [0.29, 0.717) is 18.7 Å². The van der Waals surface area contributed by atoms with Gasteiger partial charge in [-0.25, -0.2) is 0 Å². The fraction of sp³-hybridized carbons (Fsp3) is 0.667. The highest BCUT2D eigenvalue weighted by atomic mass is 16.5. The third kappa shape index (κ3) is 4.00. The van der Waals surface area contributed by atoms with Crippen molar-refractivity contribution in [2.45, 2.75) is 44.4 Å². The molecule has 0 aliphatic carbocycles. The lowest BCUT2D eigenvalue weighted by Gasteiger charge is -2.31. The van der Waals surface area contributed by atoms with E-state index in [1.165, 1.54) is 0 Å². The molecule has 0 spiro atoms. The van der Waals surface area contributed by atoms with Crippen molar-refractivity contribution in [2.75, 3.05) is 20.1 Å². The van der Waals surface area contributed by atoms with Gasteiger partial charge in [0.05, 0.1) is 12.2 Å². The minimum atomic E-state index is 0.286. The molecule has 2 rings (SSSR count). The van der Waals surface area contributed by atoms with E-state index < -0.39 is 0 Å². The van der Waals surface area contributed by atoms with Gasteiger partial charge in [0.1, 0.15) is 0 Å². The highest BCUT2D eigenvalue weighted by molar-refractivity contribution is 5.04. The van der Waals surface area contributed by atoms with Gasteiger partial charge in [0.2, 0.25) is 0 Å². The molecule has 1 fully saturated rings. The Balaban J connectivity index is 1.85. The van der Waals surface area contributed by atoms with Crippen LogP contribution in [0.15, 0.2) is 24.4 Å². The van der Waals surface area contributed by atoms with Gasteiger partial charge in [-0.05, 0) is 38.9 Å². The molecule has 4 nitrogen and oxygen atoms in total. The summed E-state index contributed by atoms with van der Waals surface area (Å²) < 4.78 is 5.95. The maximum atomic E-state index is 5.95. The van der Waals surface area contributed by atoms with E-state index in [0.717, 1.165) is 31.5 Å². The topological polar surface area (TPSA) is 51.4 Å². The number of nitrogens with two attached hydrogens (primary N) is 1. The summed E-state index contributed by atoms with van der Waals surface area (Å²) >= 11 is 0. The van der Waals surface area contributed by atoms with Gasteiger partial charge in [0.15, 0.2) is 0 Å². The first-order chi connectivity index (χ1) is 9.20. The van der Waals surface area contributed by atoms with Gasteiger partial charge in [-0.15, -0.1) is 0 Å². The summed E-state index contributed by atoms with van der Waals surface area (Å²) in [4.78, 5) is 6.67. The van der Waals surface area contributed by atoms with Crippen LogP contribution in [0.25, 0.3) is 0 Å². The first-order valence-electron chi connectivity index (χ1n) is 7.16. The Kier molecular flexibility index (Phi) is 5.31. The molecule has 1 aliphatic heterocycles. The molecular formula is C15H25N3O. The van der Waals surface area contributed by atoms with Crippen molar-refractivity contribution in [3.8, 4) is 0 Å². The van der Waals surface area contributed by atoms with Crippen LogP contribution in [0, 0.1) is 0 Å². The minimum Gasteiger partial charge on any atom is -0.374 e. The molecule has 1 saturated heterocycles. The van der Waals surface area contributed by atoms with Crippen LogP contribution >= 0.6 is 0 Å². The van der Waals surface area contributed by atoms with Crippen LogP contribution in [0.1, 0.15) is 25.5 Å². The average molecular weight is 263 g/mol. The second kappa shape index (κ2) is 6.98. The van der Waals surface area contributed by atoms with E-state index >= 15 is 0 Å². The van der Waals surface area contributed by atoms with Gasteiger partial charge >= 0.3 is 0 Å². The van der Waals surface area contributed by atoms with Crippen molar-refractivity contribution in [2.24, 2.45) is 5.73 Å². The molecule has 0 radical (unpaired) electrons. The average Bonchev–Trinajstić information content (AvgIpc) is 2.85. The number of likely N-dealkylation sites (N-methyl/N-ethyl adjacent to an activating group) is 1. The largest absolute Gasteiger partial charge is 0.374 e. The molecule has 1 aromatic rings. The van der Waals surface area contributed by atoms with Gasteiger partial charge < -0.3 is 10.5 Å². The third-order valence-electron chi connectivity index (χ3n) is 3.95. The van der Waals surface area contributed by atoms with E-state index in [4.69, 9.17) is 10.5 Å². The first kappa shape index (κ1) is 14.4. The highest BCUT2D eigenvalue weighted by Crippen LogP contribution is 2.23. The Morgan fingerprint density at radius 1 is 1.47 bits per heavy atom. The number of ether oxygens (including phenoxy) is 1. The summed E-state index contributed by atoms with van der Waals surface area (Å²) in [5.74, 6) is 0. The van der Waals surface area contributed by atoms with Gasteiger partial charge in [-0.1, -0.05) is 6.07 Å². The SMILES string of the molecule is CC1CCC(C(CN)N(C)CCc2ccccn2)O1. The summed E-state index contributed by atoms with van der Waals surface area (Å²) in [6, 6.07) is 6.36. The Labute approximate surface area is 116 Å². The molecule has 0 bridgehead atoms. The molecule has 3 atom stereocenters. The molecule has 19 heavy (non-hydrogen) atoms. The highest BCUT2D eigenvalue weighted by Gasteiger charge is 2.30. The summed E-state index contributed by atoms with van der Waals surface area (Å²) in [6.07, 6.45) is 5.73. The Hall–Kier alpha value is -0.970. The maximum absolute atomic E-state index is 5.95. The van der Waals surface area contributed by atoms with Crippen LogP contribution in [0.4, 0.5) is 0 Å².